The number of carboxylic acid groups (broad SMARTS) is 1. The number of carbonyl (C=O) groups is 2. The summed E-state index contributed by atoms with van der Waals surface area (Å²) < 4.78 is 35.1. The van der Waals surface area contributed by atoms with Crippen LogP contribution in [0.1, 0.15) is 40.5 Å². The van der Waals surface area contributed by atoms with Crippen LogP contribution in [-0.4, -0.2) is 41.9 Å². The first-order valence-corrected chi connectivity index (χ1v) is 7.14. The second kappa shape index (κ2) is 10.6. The van der Waals surface area contributed by atoms with Crippen molar-refractivity contribution in [1.82, 2.24) is 0 Å². The van der Waals surface area contributed by atoms with Gasteiger partial charge in [0.2, 0.25) is 0 Å². The molecule has 108 valence electrons. The normalized spacial score (nSPS) is 12.3. The number of carboxylic acids is 1. The third-order valence-corrected chi connectivity index (χ3v) is 3.30. The Hall–Kier alpha value is -0.150. The molecule has 0 aliphatic rings. The van der Waals surface area contributed by atoms with E-state index in [2.05, 4.69) is 4.74 Å². The Labute approximate surface area is 136 Å². The monoisotopic (exact) mass is 306 g/mol. The van der Waals surface area contributed by atoms with Crippen molar-refractivity contribution >= 4 is 22.1 Å². The average Bonchev–Trinajstić information content (AvgIpc) is 2.23. The maximum absolute atomic E-state index is 11.3. The Kier molecular flexibility index (Phi) is 11.8. The van der Waals surface area contributed by atoms with Gasteiger partial charge >= 0.3 is 41.5 Å². The van der Waals surface area contributed by atoms with E-state index < -0.39 is 33.7 Å². The molecule has 9 heteroatoms. The van der Waals surface area contributed by atoms with Crippen molar-refractivity contribution in [2.24, 2.45) is 0 Å². The number of unbranched alkanes of at least 4 members (excludes halogenated alkanes) is 3. The summed E-state index contributed by atoms with van der Waals surface area (Å²) in [5, 5.41) is 6.40. The van der Waals surface area contributed by atoms with Crippen LogP contribution in [0.2, 0.25) is 0 Å². The largest absolute Gasteiger partial charge is 1.00 e. The average molecular weight is 306 g/mol. The van der Waals surface area contributed by atoms with Crippen molar-refractivity contribution in [3.05, 3.63) is 0 Å². The quantitative estimate of drug-likeness (QED) is 0.218. The van der Waals surface area contributed by atoms with E-state index >= 15 is 0 Å². The summed E-state index contributed by atoms with van der Waals surface area (Å²) in [4.78, 5) is 21.7. The second-order valence-corrected chi connectivity index (χ2v) is 5.43. The zero-order valence-electron chi connectivity index (χ0n) is 12.2. The van der Waals surface area contributed by atoms with Gasteiger partial charge in [0.05, 0.1) is 13.0 Å². The van der Waals surface area contributed by atoms with Gasteiger partial charge in [0, 0.05) is 0 Å². The van der Waals surface area contributed by atoms with Crippen molar-refractivity contribution in [1.29, 1.82) is 0 Å². The second-order valence-electron chi connectivity index (χ2n) is 3.83. The standard InChI is InChI=1S/C10H18O7S.Na.H/c1-2-3-4-5-6-17-10(13)8(7-9(11)12)18(14,15)16;;/h8H,2-7H2,1H3,(H,11,12)(H,14,15,16);;/q;+1;-1. The molecule has 0 bridgehead atoms. The Bertz CT molecular complexity index is 385. The predicted octanol–water partition coefficient (Wildman–Crippen LogP) is -2.04. The molecule has 0 aliphatic heterocycles. The van der Waals surface area contributed by atoms with E-state index in [-0.39, 0.29) is 37.6 Å². The van der Waals surface area contributed by atoms with Crippen LogP contribution in [0, 0.1) is 0 Å². The first-order valence-electron chi connectivity index (χ1n) is 5.63. The van der Waals surface area contributed by atoms with Crippen LogP contribution < -0.4 is 29.6 Å². The number of esters is 1. The number of carbonyl (C=O) groups excluding carboxylic acids is 1. The van der Waals surface area contributed by atoms with E-state index in [9.17, 15) is 18.0 Å². The number of rotatable bonds is 9. The minimum absolute atomic E-state index is 0. The number of hydrogen-bond donors (Lipinski definition) is 2. The maximum atomic E-state index is 11.3. The molecule has 0 amide bonds. The molecule has 1 atom stereocenters. The van der Waals surface area contributed by atoms with Gasteiger partial charge in [0.25, 0.3) is 10.1 Å². The van der Waals surface area contributed by atoms with Gasteiger partial charge < -0.3 is 11.3 Å². The number of hydrogen-bond acceptors (Lipinski definition) is 5. The van der Waals surface area contributed by atoms with Crippen molar-refractivity contribution in [2.75, 3.05) is 6.61 Å². The number of ether oxygens (including phenoxy) is 1. The van der Waals surface area contributed by atoms with Gasteiger partial charge in [0.1, 0.15) is 0 Å². The molecular formula is C10H19NaO7S. The van der Waals surface area contributed by atoms with Gasteiger partial charge in [-0.05, 0) is 6.42 Å². The van der Waals surface area contributed by atoms with E-state index in [1.807, 2.05) is 6.92 Å². The topological polar surface area (TPSA) is 118 Å². The van der Waals surface area contributed by atoms with Crippen molar-refractivity contribution in [3.63, 3.8) is 0 Å². The molecule has 0 radical (unpaired) electrons. The fourth-order valence-corrected chi connectivity index (χ4v) is 1.93. The van der Waals surface area contributed by atoms with Gasteiger partial charge in [-0.15, -0.1) is 0 Å². The molecule has 0 saturated carbocycles. The molecule has 0 fully saturated rings. The fraction of sp³-hybridized carbons (Fsp3) is 0.800. The molecule has 7 nitrogen and oxygen atoms in total. The molecule has 0 spiro atoms. The van der Waals surface area contributed by atoms with Gasteiger partial charge in [-0.1, -0.05) is 26.2 Å². The molecule has 0 saturated heterocycles. The molecule has 0 heterocycles. The zero-order chi connectivity index (χ0) is 14.2. The maximum Gasteiger partial charge on any atom is 1.00 e. The first-order chi connectivity index (χ1) is 8.29. The molecule has 2 N–H and O–H groups in total. The smallest absolute Gasteiger partial charge is 1.00 e. The molecule has 0 aromatic carbocycles. The molecule has 0 aromatic rings. The summed E-state index contributed by atoms with van der Waals surface area (Å²) in [6.07, 6.45) is 2.37. The minimum atomic E-state index is -4.76. The molecule has 0 aromatic heterocycles. The minimum Gasteiger partial charge on any atom is -1.00 e. The van der Waals surface area contributed by atoms with Gasteiger partial charge in [-0.25, -0.2) is 0 Å². The van der Waals surface area contributed by atoms with Gasteiger partial charge in [-0.2, -0.15) is 8.42 Å². The summed E-state index contributed by atoms with van der Waals surface area (Å²) >= 11 is 0. The third-order valence-electron chi connectivity index (χ3n) is 2.22. The van der Waals surface area contributed by atoms with Gasteiger partial charge in [-0.3, -0.25) is 14.1 Å². The van der Waals surface area contributed by atoms with Crippen LogP contribution in [0.3, 0.4) is 0 Å². The van der Waals surface area contributed by atoms with Crippen LogP contribution in [-0.2, 0) is 24.4 Å². The van der Waals surface area contributed by atoms with Crippen LogP contribution in [0.4, 0.5) is 0 Å². The predicted molar refractivity (Wildman–Crippen MR) is 63.8 cm³/mol. The van der Waals surface area contributed by atoms with Gasteiger partial charge in [0.15, 0.2) is 5.25 Å². The van der Waals surface area contributed by atoms with Crippen LogP contribution >= 0.6 is 0 Å². The summed E-state index contributed by atoms with van der Waals surface area (Å²) in [6.45, 7) is 2.03. The zero-order valence-corrected chi connectivity index (χ0v) is 14.0. The van der Waals surface area contributed by atoms with E-state index in [1.165, 1.54) is 0 Å². The fourth-order valence-electron chi connectivity index (χ4n) is 1.26. The Morgan fingerprint density at radius 3 is 2.26 bits per heavy atom. The number of aliphatic carboxylic acids is 1. The molecular weight excluding hydrogens is 287 g/mol. The third kappa shape index (κ3) is 10.3. The van der Waals surface area contributed by atoms with E-state index in [0.29, 0.717) is 6.42 Å². The summed E-state index contributed by atoms with van der Waals surface area (Å²) in [7, 11) is -4.76. The Balaban J connectivity index is -0.00000144. The van der Waals surface area contributed by atoms with Crippen molar-refractivity contribution in [3.8, 4) is 0 Å². The van der Waals surface area contributed by atoms with Crippen molar-refractivity contribution in [2.45, 2.75) is 44.3 Å². The summed E-state index contributed by atoms with van der Waals surface area (Å²) in [5.41, 5.74) is 0. The van der Waals surface area contributed by atoms with E-state index in [1.54, 1.807) is 0 Å². The van der Waals surface area contributed by atoms with Crippen LogP contribution in [0.5, 0.6) is 0 Å². The molecule has 0 aliphatic carbocycles. The van der Waals surface area contributed by atoms with E-state index in [0.717, 1.165) is 19.3 Å². The molecule has 1 unspecified atom stereocenters. The molecule has 0 rings (SSSR count). The Morgan fingerprint density at radius 1 is 1.26 bits per heavy atom. The van der Waals surface area contributed by atoms with Crippen LogP contribution in [0.15, 0.2) is 0 Å². The summed E-state index contributed by atoms with van der Waals surface area (Å²) in [5.74, 6) is -2.73. The molecule has 19 heavy (non-hydrogen) atoms. The summed E-state index contributed by atoms with van der Waals surface area (Å²) in [6, 6.07) is 0. The first kappa shape index (κ1) is 21.2. The van der Waals surface area contributed by atoms with Crippen LogP contribution in [0.25, 0.3) is 0 Å². The Morgan fingerprint density at radius 2 is 1.84 bits per heavy atom. The van der Waals surface area contributed by atoms with E-state index in [4.69, 9.17) is 9.66 Å². The van der Waals surface area contributed by atoms with Crippen molar-refractivity contribution < 1.29 is 63.4 Å². The SMILES string of the molecule is CCCCCCOC(=O)C(CC(=O)O)S(=O)(=O)O.[H-].[Na+].